The van der Waals surface area contributed by atoms with Gasteiger partial charge in [-0.2, -0.15) is 0 Å². The Kier molecular flexibility index (Phi) is 5.41. The minimum Gasteiger partial charge on any atom is -0.311 e. The maximum absolute atomic E-state index is 3.83. The van der Waals surface area contributed by atoms with Gasteiger partial charge >= 0.3 is 0 Å². The van der Waals surface area contributed by atoms with Crippen LogP contribution in [0, 0.1) is 16.7 Å². The van der Waals surface area contributed by atoms with E-state index in [1.807, 2.05) is 0 Å². The molecule has 1 aliphatic heterocycles. The van der Waals surface area contributed by atoms with Crippen LogP contribution in [0.25, 0.3) is 0 Å². The minimum absolute atomic E-state index is 0.356. The van der Waals surface area contributed by atoms with E-state index in [-0.39, 0.29) is 0 Å². The number of rotatable bonds is 4. The van der Waals surface area contributed by atoms with Gasteiger partial charge in [-0.25, -0.2) is 0 Å². The van der Waals surface area contributed by atoms with Gasteiger partial charge in [-0.1, -0.05) is 54.4 Å². The van der Waals surface area contributed by atoms with Crippen molar-refractivity contribution < 1.29 is 0 Å². The molecule has 2 fully saturated rings. The van der Waals surface area contributed by atoms with E-state index in [0.717, 1.165) is 5.92 Å². The summed E-state index contributed by atoms with van der Waals surface area (Å²) in [6, 6.07) is 1.34. The van der Waals surface area contributed by atoms with Crippen molar-refractivity contribution in [3.8, 4) is 0 Å². The zero-order valence-corrected chi connectivity index (χ0v) is 15.3. The quantitative estimate of drug-likeness (QED) is 0.831. The highest BCUT2D eigenvalue weighted by atomic mass is 15.2. The fourth-order valence-electron chi connectivity index (χ4n) is 4.43. The van der Waals surface area contributed by atoms with Gasteiger partial charge in [0.2, 0.25) is 0 Å². The SMILES string of the molecule is CCC1(CN2CC(C(C)(C)C)NCC2C(C)C)CCCC1. The average molecular weight is 295 g/mol. The van der Waals surface area contributed by atoms with Gasteiger partial charge in [0.05, 0.1) is 0 Å². The summed E-state index contributed by atoms with van der Waals surface area (Å²) in [6.45, 7) is 18.1. The molecule has 21 heavy (non-hydrogen) atoms. The topological polar surface area (TPSA) is 15.3 Å². The Labute approximate surface area is 133 Å². The first-order valence-electron chi connectivity index (χ1n) is 9.25. The van der Waals surface area contributed by atoms with Crippen LogP contribution in [-0.4, -0.2) is 36.6 Å². The lowest BCUT2D eigenvalue weighted by Crippen LogP contribution is -2.63. The summed E-state index contributed by atoms with van der Waals surface area (Å²) in [7, 11) is 0. The summed E-state index contributed by atoms with van der Waals surface area (Å²) in [6.07, 6.45) is 7.18. The Hall–Kier alpha value is -0.0800. The van der Waals surface area contributed by atoms with Gasteiger partial charge in [-0.15, -0.1) is 0 Å². The Morgan fingerprint density at radius 2 is 1.81 bits per heavy atom. The second-order valence-corrected chi connectivity index (χ2v) is 9.13. The molecule has 1 aliphatic carbocycles. The van der Waals surface area contributed by atoms with Crippen LogP contribution in [0.5, 0.6) is 0 Å². The maximum Gasteiger partial charge on any atom is 0.0244 e. The minimum atomic E-state index is 0.356. The highest BCUT2D eigenvalue weighted by Gasteiger charge is 2.40. The second-order valence-electron chi connectivity index (χ2n) is 9.13. The first-order valence-corrected chi connectivity index (χ1v) is 9.25. The Morgan fingerprint density at radius 3 is 2.29 bits per heavy atom. The molecule has 0 radical (unpaired) electrons. The molecule has 0 aromatic heterocycles. The lowest BCUT2D eigenvalue weighted by Gasteiger charge is -2.49. The molecule has 0 amide bonds. The third kappa shape index (κ3) is 4.01. The van der Waals surface area contributed by atoms with E-state index in [1.54, 1.807) is 0 Å². The molecular formula is C19H38N2. The zero-order chi connectivity index (χ0) is 15.7. The van der Waals surface area contributed by atoms with Crippen LogP contribution >= 0.6 is 0 Å². The van der Waals surface area contributed by atoms with Crippen molar-refractivity contribution in [2.75, 3.05) is 19.6 Å². The van der Waals surface area contributed by atoms with Crippen molar-refractivity contribution in [2.24, 2.45) is 16.7 Å². The molecule has 1 saturated heterocycles. The van der Waals surface area contributed by atoms with E-state index in [9.17, 15) is 0 Å². The van der Waals surface area contributed by atoms with E-state index < -0.39 is 0 Å². The molecule has 124 valence electrons. The molecule has 1 N–H and O–H groups in total. The van der Waals surface area contributed by atoms with Gasteiger partial charge in [0.15, 0.2) is 0 Å². The van der Waals surface area contributed by atoms with Gasteiger partial charge in [0.25, 0.3) is 0 Å². The van der Waals surface area contributed by atoms with Crippen molar-refractivity contribution in [1.82, 2.24) is 10.2 Å². The summed E-state index contributed by atoms with van der Waals surface area (Å²) < 4.78 is 0. The molecule has 1 saturated carbocycles. The lowest BCUT2D eigenvalue weighted by molar-refractivity contribution is 0.0261. The van der Waals surface area contributed by atoms with Crippen LogP contribution in [0.3, 0.4) is 0 Å². The fraction of sp³-hybridized carbons (Fsp3) is 1.00. The Bertz CT molecular complexity index is 323. The first-order chi connectivity index (χ1) is 9.77. The highest BCUT2D eigenvalue weighted by Crippen LogP contribution is 2.42. The summed E-state index contributed by atoms with van der Waals surface area (Å²) >= 11 is 0. The van der Waals surface area contributed by atoms with Crippen molar-refractivity contribution in [2.45, 2.75) is 85.7 Å². The van der Waals surface area contributed by atoms with Gasteiger partial charge in [-0.3, -0.25) is 4.90 Å². The molecule has 2 rings (SSSR count). The fourth-order valence-corrected chi connectivity index (χ4v) is 4.43. The number of nitrogens with zero attached hydrogens (tertiary/aromatic N) is 1. The van der Waals surface area contributed by atoms with Gasteiger partial charge in [0.1, 0.15) is 0 Å². The Morgan fingerprint density at radius 1 is 1.19 bits per heavy atom. The van der Waals surface area contributed by atoms with E-state index in [0.29, 0.717) is 22.9 Å². The normalized spacial score (nSPS) is 31.0. The molecule has 0 spiro atoms. The Balaban J connectivity index is 2.10. The van der Waals surface area contributed by atoms with Crippen molar-refractivity contribution in [3.05, 3.63) is 0 Å². The highest BCUT2D eigenvalue weighted by molar-refractivity contribution is 4.96. The number of nitrogens with one attached hydrogen (secondary N) is 1. The second kappa shape index (κ2) is 6.58. The van der Waals surface area contributed by atoms with Gasteiger partial charge in [-0.05, 0) is 36.0 Å². The predicted octanol–water partition coefficient (Wildman–Crippen LogP) is 4.30. The monoisotopic (exact) mass is 294 g/mol. The summed E-state index contributed by atoms with van der Waals surface area (Å²) in [5, 5.41) is 3.83. The van der Waals surface area contributed by atoms with Crippen LogP contribution < -0.4 is 5.32 Å². The van der Waals surface area contributed by atoms with E-state index in [2.05, 4.69) is 51.8 Å². The molecule has 2 heteroatoms. The van der Waals surface area contributed by atoms with E-state index in [4.69, 9.17) is 0 Å². The zero-order valence-electron chi connectivity index (χ0n) is 15.3. The number of hydrogen-bond acceptors (Lipinski definition) is 2. The van der Waals surface area contributed by atoms with E-state index in [1.165, 1.54) is 51.7 Å². The molecule has 0 bridgehead atoms. The number of hydrogen-bond donors (Lipinski definition) is 1. The average Bonchev–Trinajstić information content (AvgIpc) is 2.86. The smallest absolute Gasteiger partial charge is 0.0244 e. The molecule has 2 atom stereocenters. The standard InChI is InChI=1S/C19H38N2/c1-7-19(10-8-9-11-19)14-21-13-17(18(4,5)6)20-12-16(21)15(2)3/h15-17,20H,7-14H2,1-6H3. The summed E-state index contributed by atoms with van der Waals surface area (Å²) in [4.78, 5) is 2.85. The third-order valence-corrected chi connectivity index (χ3v) is 6.23. The molecule has 2 aliphatic rings. The van der Waals surface area contributed by atoms with Crippen LogP contribution in [-0.2, 0) is 0 Å². The summed E-state index contributed by atoms with van der Waals surface area (Å²) in [5.74, 6) is 0.744. The third-order valence-electron chi connectivity index (χ3n) is 6.23. The maximum atomic E-state index is 3.83. The van der Waals surface area contributed by atoms with Crippen molar-refractivity contribution >= 4 is 0 Å². The van der Waals surface area contributed by atoms with Crippen molar-refractivity contribution in [3.63, 3.8) is 0 Å². The van der Waals surface area contributed by atoms with E-state index >= 15 is 0 Å². The summed E-state index contributed by atoms with van der Waals surface area (Å²) in [5.41, 5.74) is 0.974. The largest absolute Gasteiger partial charge is 0.311 e. The lowest BCUT2D eigenvalue weighted by atomic mass is 9.79. The molecule has 2 nitrogen and oxygen atoms in total. The van der Waals surface area contributed by atoms with Crippen LogP contribution in [0.1, 0.15) is 73.6 Å². The molecule has 1 heterocycles. The first kappa shape index (κ1) is 17.3. The molecule has 2 unspecified atom stereocenters. The molecular weight excluding hydrogens is 256 g/mol. The predicted molar refractivity (Wildman–Crippen MR) is 92.6 cm³/mol. The van der Waals surface area contributed by atoms with Crippen LogP contribution in [0.4, 0.5) is 0 Å². The van der Waals surface area contributed by atoms with Gasteiger partial charge < -0.3 is 5.32 Å². The van der Waals surface area contributed by atoms with Gasteiger partial charge in [0, 0.05) is 31.7 Å². The molecule has 0 aromatic rings. The van der Waals surface area contributed by atoms with Crippen LogP contribution in [0.15, 0.2) is 0 Å². The van der Waals surface area contributed by atoms with Crippen LogP contribution in [0.2, 0.25) is 0 Å². The molecule has 0 aromatic carbocycles. The van der Waals surface area contributed by atoms with Crippen molar-refractivity contribution in [1.29, 1.82) is 0 Å². The number of piperazine rings is 1.